The van der Waals surface area contributed by atoms with Gasteiger partial charge in [-0.05, 0) is 48.9 Å². The average molecular weight is 349 g/mol. The first kappa shape index (κ1) is 16.9. The van der Waals surface area contributed by atoms with Crippen molar-refractivity contribution >= 4 is 16.7 Å². The van der Waals surface area contributed by atoms with Crippen LogP contribution in [0.2, 0.25) is 0 Å². The number of aryl methyl sites for hydroxylation is 1. The molecule has 0 saturated heterocycles. The van der Waals surface area contributed by atoms with E-state index in [1.807, 2.05) is 0 Å². The van der Waals surface area contributed by atoms with Gasteiger partial charge in [0.15, 0.2) is 0 Å². The fraction of sp³-hybridized carbons (Fsp3) is 0.167. The minimum absolute atomic E-state index is 0.0171. The lowest BCUT2D eigenvalue weighted by molar-refractivity contribution is -0.137. The number of fused-ring (bicyclic) bond motifs is 1. The summed E-state index contributed by atoms with van der Waals surface area (Å²) in [4.78, 5) is 11.7. The van der Waals surface area contributed by atoms with Gasteiger partial charge in [0, 0.05) is 29.2 Å². The molecule has 0 aliphatic carbocycles. The SMILES string of the molecule is Cc1c(O)ccc2c(CNc3ccc(C(F)(F)F)cc3)cc(=O)oc12. The topological polar surface area (TPSA) is 62.5 Å². The van der Waals surface area contributed by atoms with Gasteiger partial charge in [0.05, 0.1) is 5.56 Å². The van der Waals surface area contributed by atoms with Crippen molar-refractivity contribution < 1.29 is 22.7 Å². The number of anilines is 1. The van der Waals surface area contributed by atoms with Gasteiger partial charge in [-0.15, -0.1) is 0 Å². The Morgan fingerprint density at radius 3 is 2.44 bits per heavy atom. The molecule has 0 aliphatic heterocycles. The van der Waals surface area contributed by atoms with Gasteiger partial charge in [-0.25, -0.2) is 4.79 Å². The van der Waals surface area contributed by atoms with E-state index in [1.54, 1.807) is 13.0 Å². The van der Waals surface area contributed by atoms with E-state index >= 15 is 0 Å². The van der Waals surface area contributed by atoms with Crippen molar-refractivity contribution in [1.82, 2.24) is 0 Å². The Balaban J connectivity index is 1.89. The Labute approximate surface area is 140 Å². The molecule has 2 aromatic carbocycles. The first-order valence-electron chi connectivity index (χ1n) is 7.42. The quantitative estimate of drug-likeness (QED) is 0.687. The Kier molecular flexibility index (Phi) is 4.16. The molecule has 3 aromatic rings. The van der Waals surface area contributed by atoms with Crippen LogP contribution in [0.4, 0.5) is 18.9 Å². The molecule has 4 nitrogen and oxygen atoms in total. The highest BCUT2D eigenvalue weighted by Crippen LogP contribution is 2.30. The first-order valence-corrected chi connectivity index (χ1v) is 7.42. The van der Waals surface area contributed by atoms with Gasteiger partial charge in [0.2, 0.25) is 0 Å². The molecular weight excluding hydrogens is 335 g/mol. The number of hydrogen-bond acceptors (Lipinski definition) is 4. The summed E-state index contributed by atoms with van der Waals surface area (Å²) in [5.74, 6) is 0.0171. The third-order valence-corrected chi connectivity index (χ3v) is 3.91. The summed E-state index contributed by atoms with van der Waals surface area (Å²) in [6.07, 6.45) is -4.38. The van der Waals surface area contributed by atoms with Crippen LogP contribution in [0.1, 0.15) is 16.7 Å². The van der Waals surface area contributed by atoms with Gasteiger partial charge >= 0.3 is 11.8 Å². The second kappa shape index (κ2) is 6.16. The molecule has 0 amide bonds. The van der Waals surface area contributed by atoms with Crippen molar-refractivity contribution in [1.29, 1.82) is 0 Å². The second-order valence-corrected chi connectivity index (χ2v) is 5.61. The number of rotatable bonds is 3. The van der Waals surface area contributed by atoms with E-state index in [0.717, 1.165) is 12.1 Å². The number of nitrogens with one attached hydrogen (secondary N) is 1. The van der Waals surface area contributed by atoms with E-state index in [4.69, 9.17) is 4.42 Å². The summed E-state index contributed by atoms with van der Waals surface area (Å²) in [6.45, 7) is 1.85. The van der Waals surface area contributed by atoms with E-state index in [0.29, 0.717) is 22.2 Å². The fourth-order valence-corrected chi connectivity index (χ4v) is 2.54. The molecule has 130 valence electrons. The standard InChI is InChI=1S/C18H14F3NO3/c1-10-15(23)7-6-14-11(8-16(24)25-17(10)14)9-22-13-4-2-12(3-5-13)18(19,20)21/h2-8,22-23H,9H2,1H3. The largest absolute Gasteiger partial charge is 0.508 e. The molecular formula is C18H14F3NO3. The van der Waals surface area contributed by atoms with Crippen LogP contribution in [-0.4, -0.2) is 5.11 Å². The maximum Gasteiger partial charge on any atom is 0.416 e. The predicted octanol–water partition coefficient (Wildman–Crippen LogP) is 4.44. The van der Waals surface area contributed by atoms with Crippen LogP contribution in [0.3, 0.4) is 0 Å². The Morgan fingerprint density at radius 1 is 1.12 bits per heavy atom. The number of phenolic OH excluding ortho intramolecular Hbond substituents is 1. The first-order chi connectivity index (χ1) is 11.8. The van der Waals surface area contributed by atoms with E-state index in [1.165, 1.54) is 24.3 Å². The highest BCUT2D eigenvalue weighted by Gasteiger charge is 2.29. The van der Waals surface area contributed by atoms with E-state index < -0.39 is 17.4 Å². The third kappa shape index (κ3) is 3.45. The summed E-state index contributed by atoms with van der Waals surface area (Å²) < 4.78 is 42.9. The molecule has 1 heterocycles. The van der Waals surface area contributed by atoms with E-state index in [9.17, 15) is 23.1 Å². The zero-order chi connectivity index (χ0) is 18.2. The van der Waals surface area contributed by atoms with Gasteiger partial charge in [-0.3, -0.25) is 0 Å². The smallest absolute Gasteiger partial charge is 0.416 e. The molecule has 0 radical (unpaired) electrons. The fourth-order valence-electron chi connectivity index (χ4n) is 2.54. The van der Waals surface area contributed by atoms with Crippen molar-refractivity contribution in [2.75, 3.05) is 5.32 Å². The Morgan fingerprint density at radius 2 is 1.80 bits per heavy atom. The lowest BCUT2D eigenvalue weighted by Crippen LogP contribution is -2.07. The zero-order valence-corrected chi connectivity index (χ0v) is 13.1. The van der Waals surface area contributed by atoms with Gasteiger partial charge < -0.3 is 14.8 Å². The number of alkyl halides is 3. The monoisotopic (exact) mass is 349 g/mol. The lowest BCUT2D eigenvalue weighted by Gasteiger charge is -2.11. The third-order valence-electron chi connectivity index (χ3n) is 3.91. The number of halogens is 3. The van der Waals surface area contributed by atoms with Gasteiger partial charge in [-0.2, -0.15) is 13.2 Å². The molecule has 0 unspecified atom stereocenters. The van der Waals surface area contributed by atoms with Crippen molar-refractivity contribution in [3.05, 3.63) is 69.6 Å². The van der Waals surface area contributed by atoms with Crippen molar-refractivity contribution in [3.8, 4) is 5.75 Å². The van der Waals surface area contributed by atoms with Crippen LogP contribution in [0.5, 0.6) is 5.75 Å². The molecule has 25 heavy (non-hydrogen) atoms. The highest BCUT2D eigenvalue weighted by atomic mass is 19.4. The normalized spacial score (nSPS) is 11.7. The van der Waals surface area contributed by atoms with Gasteiger partial charge in [0.25, 0.3) is 0 Å². The molecule has 0 aliphatic rings. The maximum absolute atomic E-state index is 12.6. The second-order valence-electron chi connectivity index (χ2n) is 5.61. The van der Waals surface area contributed by atoms with Gasteiger partial charge in [-0.1, -0.05) is 0 Å². The van der Waals surface area contributed by atoms with Crippen molar-refractivity contribution in [3.63, 3.8) is 0 Å². The number of aromatic hydroxyl groups is 1. The summed E-state index contributed by atoms with van der Waals surface area (Å²) >= 11 is 0. The van der Waals surface area contributed by atoms with Gasteiger partial charge in [0.1, 0.15) is 11.3 Å². The van der Waals surface area contributed by atoms with Crippen LogP contribution in [0, 0.1) is 6.92 Å². The predicted molar refractivity (Wildman–Crippen MR) is 87.7 cm³/mol. The number of hydrogen-bond donors (Lipinski definition) is 2. The summed E-state index contributed by atoms with van der Waals surface area (Å²) in [7, 11) is 0. The van der Waals surface area contributed by atoms with E-state index in [2.05, 4.69) is 5.32 Å². The summed E-state index contributed by atoms with van der Waals surface area (Å²) in [5, 5.41) is 13.4. The molecule has 0 spiro atoms. The molecule has 0 atom stereocenters. The van der Waals surface area contributed by atoms with Crippen LogP contribution >= 0.6 is 0 Å². The number of benzene rings is 2. The Bertz CT molecular complexity index is 976. The molecule has 2 N–H and O–H groups in total. The van der Waals surface area contributed by atoms with Crippen LogP contribution in [0.25, 0.3) is 11.0 Å². The van der Waals surface area contributed by atoms with E-state index in [-0.39, 0.29) is 17.9 Å². The minimum atomic E-state index is -4.38. The Hall–Kier alpha value is -2.96. The lowest BCUT2D eigenvalue weighted by atomic mass is 10.1. The van der Waals surface area contributed by atoms with Crippen LogP contribution in [-0.2, 0) is 12.7 Å². The maximum atomic E-state index is 12.6. The van der Waals surface area contributed by atoms with Crippen molar-refractivity contribution in [2.24, 2.45) is 0 Å². The molecule has 0 saturated carbocycles. The number of phenols is 1. The van der Waals surface area contributed by atoms with Crippen LogP contribution in [0.15, 0.2) is 51.7 Å². The van der Waals surface area contributed by atoms with Crippen LogP contribution < -0.4 is 10.9 Å². The van der Waals surface area contributed by atoms with Crippen molar-refractivity contribution in [2.45, 2.75) is 19.6 Å². The average Bonchev–Trinajstić information content (AvgIpc) is 2.56. The molecule has 1 aromatic heterocycles. The zero-order valence-electron chi connectivity index (χ0n) is 13.1. The molecule has 0 fully saturated rings. The highest BCUT2D eigenvalue weighted by molar-refractivity contribution is 5.85. The molecule has 7 heteroatoms. The molecule has 3 rings (SSSR count). The summed E-state index contributed by atoms with van der Waals surface area (Å²) in [5.41, 5.74) is 0.558. The minimum Gasteiger partial charge on any atom is -0.508 e. The summed E-state index contributed by atoms with van der Waals surface area (Å²) in [6, 6.07) is 9.07. The molecule has 0 bridgehead atoms.